The molecule has 2 atom stereocenters. The summed E-state index contributed by atoms with van der Waals surface area (Å²) in [5.41, 5.74) is 0. The maximum atomic E-state index is 3.71. The minimum atomic E-state index is 0.710. The molecule has 96 valence electrons. The molecule has 2 nitrogen and oxygen atoms in total. The maximum absolute atomic E-state index is 3.71. The molecule has 0 aromatic rings. The third-order valence-electron chi connectivity index (χ3n) is 3.67. The third kappa shape index (κ3) is 5.07. The van der Waals surface area contributed by atoms with Crippen molar-refractivity contribution in [1.82, 2.24) is 10.2 Å². The molecular weight excluding hydrogens is 216 g/mol. The molecule has 0 saturated carbocycles. The minimum absolute atomic E-state index is 0.710. The van der Waals surface area contributed by atoms with Crippen LogP contribution in [0.1, 0.15) is 33.1 Å². The SMILES string of the molecule is CCC(C)C1CN(CCCSC)CCCN1. The molecule has 1 N–H and O–H groups in total. The lowest BCUT2D eigenvalue weighted by Crippen LogP contribution is -2.42. The summed E-state index contributed by atoms with van der Waals surface area (Å²) in [4.78, 5) is 2.66. The Labute approximate surface area is 106 Å². The topological polar surface area (TPSA) is 15.3 Å². The van der Waals surface area contributed by atoms with Gasteiger partial charge < -0.3 is 10.2 Å². The maximum Gasteiger partial charge on any atom is 0.0220 e. The van der Waals surface area contributed by atoms with Gasteiger partial charge in [0.05, 0.1) is 0 Å². The van der Waals surface area contributed by atoms with Crippen LogP contribution in [0.3, 0.4) is 0 Å². The highest BCUT2D eigenvalue weighted by Gasteiger charge is 2.21. The van der Waals surface area contributed by atoms with Crippen molar-refractivity contribution in [1.29, 1.82) is 0 Å². The molecule has 1 fully saturated rings. The lowest BCUT2D eigenvalue weighted by molar-refractivity contribution is 0.239. The van der Waals surface area contributed by atoms with Crippen LogP contribution in [0.5, 0.6) is 0 Å². The molecule has 0 bridgehead atoms. The smallest absolute Gasteiger partial charge is 0.0220 e. The van der Waals surface area contributed by atoms with E-state index in [2.05, 4.69) is 30.3 Å². The summed E-state index contributed by atoms with van der Waals surface area (Å²) in [5.74, 6) is 2.11. The van der Waals surface area contributed by atoms with Crippen molar-refractivity contribution in [2.45, 2.75) is 39.2 Å². The third-order valence-corrected chi connectivity index (χ3v) is 4.36. The second kappa shape index (κ2) is 8.37. The second-order valence-corrected chi connectivity index (χ2v) is 5.93. The first-order chi connectivity index (χ1) is 7.77. The Morgan fingerprint density at radius 2 is 2.31 bits per heavy atom. The molecule has 0 aromatic heterocycles. The average molecular weight is 244 g/mol. The van der Waals surface area contributed by atoms with Crippen LogP contribution >= 0.6 is 11.8 Å². The lowest BCUT2D eigenvalue weighted by atomic mass is 9.99. The molecule has 0 aromatic carbocycles. The van der Waals surface area contributed by atoms with Crippen molar-refractivity contribution in [3.05, 3.63) is 0 Å². The zero-order valence-corrected chi connectivity index (χ0v) is 12.0. The van der Waals surface area contributed by atoms with Crippen LogP contribution in [0.15, 0.2) is 0 Å². The minimum Gasteiger partial charge on any atom is -0.312 e. The van der Waals surface area contributed by atoms with Crippen LogP contribution in [0, 0.1) is 5.92 Å². The van der Waals surface area contributed by atoms with Gasteiger partial charge in [-0.15, -0.1) is 0 Å². The summed E-state index contributed by atoms with van der Waals surface area (Å²) in [6, 6.07) is 0.710. The van der Waals surface area contributed by atoms with Gasteiger partial charge in [0.15, 0.2) is 0 Å². The van der Waals surface area contributed by atoms with Crippen LogP contribution < -0.4 is 5.32 Å². The van der Waals surface area contributed by atoms with Crippen molar-refractivity contribution in [2.75, 3.05) is 38.2 Å². The Bertz CT molecular complexity index is 175. The van der Waals surface area contributed by atoms with Gasteiger partial charge in [-0.05, 0) is 50.4 Å². The van der Waals surface area contributed by atoms with Crippen LogP contribution in [0.25, 0.3) is 0 Å². The number of thioether (sulfide) groups is 1. The Balaban J connectivity index is 2.33. The fourth-order valence-electron chi connectivity index (χ4n) is 2.33. The van der Waals surface area contributed by atoms with Crippen molar-refractivity contribution in [2.24, 2.45) is 5.92 Å². The molecular formula is C13H28N2S. The normalized spacial score (nSPS) is 25.3. The fourth-order valence-corrected chi connectivity index (χ4v) is 2.74. The van der Waals surface area contributed by atoms with E-state index in [-0.39, 0.29) is 0 Å². The van der Waals surface area contributed by atoms with Crippen molar-refractivity contribution >= 4 is 11.8 Å². The van der Waals surface area contributed by atoms with Crippen molar-refractivity contribution in [3.63, 3.8) is 0 Å². The van der Waals surface area contributed by atoms with Gasteiger partial charge in [-0.2, -0.15) is 11.8 Å². The van der Waals surface area contributed by atoms with Gasteiger partial charge in [-0.1, -0.05) is 20.3 Å². The summed E-state index contributed by atoms with van der Waals surface area (Å²) >= 11 is 1.96. The molecule has 1 saturated heterocycles. The molecule has 0 amide bonds. The average Bonchev–Trinajstić information content (AvgIpc) is 2.54. The Morgan fingerprint density at radius 1 is 1.50 bits per heavy atom. The molecule has 0 aliphatic carbocycles. The summed E-state index contributed by atoms with van der Waals surface area (Å²) in [6.07, 6.45) is 6.14. The molecule has 1 aliphatic rings. The van der Waals surface area contributed by atoms with E-state index in [4.69, 9.17) is 0 Å². The fraction of sp³-hybridized carbons (Fsp3) is 1.00. The lowest BCUT2D eigenvalue weighted by Gasteiger charge is -2.27. The Kier molecular flexibility index (Phi) is 7.50. The molecule has 0 spiro atoms. The molecule has 3 heteroatoms. The van der Waals surface area contributed by atoms with Gasteiger partial charge in [-0.3, -0.25) is 0 Å². The van der Waals surface area contributed by atoms with Crippen molar-refractivity contribution in [3.8, 4) is 0 Å². The Hall–Kier alpha value is 0.270. The first-order valence-corrected chi connectivity index (χ1v) is 8.12. The van der Waals surface area contributed by atoms with E-state index >= 15 is 0 Å². The highest BCUT2D eigenvalue weighted by molar-refractivity contribution is 7.98. The largest absolute Gasteiger partial charge is 0.312 e. The summed E-state index contributed by atoms with van der Waals surface area (Å²) in [6.45, 7) is 9.71. The van der Waals surface area contributed by atoms with Gasteiger partial charge >= 0.3 is 0 Å². The Morgan fingerprint density at radius 3 is 3.00 bits per heavy atom. The zero-order chi connectivity index (χ0) is 11.8. The highest BCUT2D eigenvalue weighted by Crippen LogP contribution is 2.12. The molecule has 1 heterocycles. The van der Waals surface area contributed by atoms with E-state index in [1.54, 1.807) is 0 Å². The predicted molar refractivity (Wildman–Crippen MR) is 75.3 cm³/mol. The van der Waals surface area contributed by atoms with Crippen LogP contribution in [0.4, 0.5) is 0 Å². The monoisotopic (exact) mass is 244 g/mol. The highest BCUT2D eigenvalue weighted by atomic mass is 32.2. The number of hydrogen-bond donors (Lipinski definition) is 1. The van der Waals surface area contributed by atoms with Gasteiger partial charge in [0.2, 0.25) is 0 Å². The molecule has 1 aliphatic heterocycles. The van der Waals surface area contributed by atoms with E-state index in [9.17, 15) is 0 Å². The van der Waals surface area contributed by atoms with Gasteiger partial charge in [0, 0.05) is 12.6 Å². The van der Waals surface area contributed by atoms with E-state index in [0.29, 0.717) is 6.04 Å². The van der Waals surface area contributed by atoms with Gasteiger partial charge in [-0.25, -0.2) is 0 Å². The number of nitrogens with zero attached hydrogens (tertiary/aromatic N) is 1. The molecule has 2 unspecified atom stereocenters. The van der Waals surface area contributed by atoms with Crippen LogP contribution in [-0.4, -0.2) is 49.1 Å². The van der Waals surface area contributed by atoms with Gasteiger partial charge in [0.1, 0.15) is 0 Å². The van der Waals surface area contributed by atoms with E-state index in [1.165, 1.54) is 51.2 Å². The summed E-state index contributed by atoms with van der Waals surface area (Å²) in [7, 11) is 0. The van der Waals surface area contributed by atoms with E-state index < -0.39 is 0 Å². The summed E-state index contributed by atoms with van der Waals surface area (Å²) in [5, 5.41) is 3.71. The predicted octanol–water partition coefficient (Wildman–Crippen LogP) is 2.45. The number of nitrogens with one attached hydrogen (secondary N) is 1. The van der Waals surface area contributed by atoms with E-state index in [0.717, 1.165) is 5.92 Å². The quantitative estimate of drug-likeness (QED) is 0.723. The van der Waals surface area contributed by atoms with Crippen LogP contribution in [-0.2, 0) is 0 Å². The molecule has 1 rings (SSSR count). The van der Waals surface area contributed by atoms with Crippen molar-refractivity contribution < 1.29 is 0 Å². The molecule has 16 heavy (non-hydrogen) atoms. The second-order valence-electron chi connectivity index (χ2n) is 4.95. The number of rotatable bonds is 6. The van der Waals surface area contributed by atoms with E-state index in [1.807, 2.05) is 11.8 Å². The first-order valence-electron chi connectivity index (χ1n) is 6.72. The number of hydrogen-bond acceptors (Lipinski definition) is 3. The van der Waals surface area contributed by atoms with Crippen LogP contribution in [0.2, 0.25) is 0 Å². The standard InChI is InChI=1S/C13H28N2S/c1-4-12(2)13-11-15(8-5-7-14-13)9-6-10-16-3/h12-14H,4-11H2,1-3H3. The zero-order valence-electron chi connectivity index (χ0n) is 11.2. The first kappa shape index (κ1) is 14.3. The summed E-state index contributed by atoms with van der Waals surface area (Å²) < 4.78 is 0. The molecule has 0 radical (unpaired) electrons. The van der Waals surface area contributed by atoms with Gasteiger partial charge in [0.25, 0.3) is 0 Å².